The second-order valence-corrected chi connectivity index (χ2v) is 6.40. The molecule has 3 rings (SSSR count). The van der Waals surface area contributed by atoms with E-state index in [0.717, 1.165) is 30.5 Å². The van der Waals surface area contributed by atoms with Crippen LogP contribution in [0.15, 0.2) is 18.2 Å². The molecule has 3 atom stereocenters. The van der Waals surface area contributed by atoms with Gasteiger partial charge in [-0.2, -0.15) is 13.2 Å². The van der Waals surface area contributed by atoms with Crippen LogP contribution in [0.1, 0.15) is 38.3 Å². The van der Waals surface area contributed by atoms with E-state index in [0.29, 0.717) is 22.1 Å². The molecule has 6 heteroatoms. The number of rotatable bonds is 1. The molecular formula is C15H17F3N2S. The highest BCUT2D eigenvalue weighted by Gasteiger charge is 2.34. The van der Waals surface area contributed by atoms with Crippen LogP contribution in [0.4, 0.5) is 13.2 Å². The van der Waals surface area contributed by atoms with Crippen LogP contribution in [-0.4, -0.2) is 9.55 Å². The van der Waals surface area contributed by atoms with Crippen LogP contribution in [0.5, 0.6) is 0 Å². The minimum absolute atomic E-state index is 0.262. The van der Waals surface area contributed by atoms with Gasteiger partial charge in [-0.15, -0.1) is 0 Å². The third-order valence-corrected chi connectivity index (χ3v) is 5.10. The third-order valence-electron chi connectivity index (χ3n) is 4.80. The van der Waals surface area contributed by atoms with Gasteiger partial charge in [-0.05, 0) is 55.1 Å². The van der Waals surface area contributed by atoms with E-state index in [1.54, 1.807) is 0 Å². The Hall–Kier alpha value is -1.30. The molecule has 1 aromatic heterocycles. The summed E-state index contributed by atoms with van der Waals surface area (Å²) < 4.78 is 40.9. The number of imidazole rings is 1. The van der Waals surface area contributed by atoms with Gasteiger partial charge < -0.3 is 9.55 Å². The van der Waals surface area contributed by atoms with E-state index in [9.17, 15) is 13.2 Å². The number of fused-ring (bicyclic) bond motifs is 1. The van der Waals surface area contributed by atoms with Gasteiger partial charge in [0.25, 0.3) is 0 Å². The lowest BCUT2D eigenvalue weighted by Crippen LogP contribution is -2.14. The summed E-state index contributed by atoms with van der Waals surface area (Å²) in [4.78, 5) is 2.93. The fraction of sp³-hybridized carbons (Fsp3) is 0.533. The maximum Gasteiger partial charge on any atom is 0.416 e. The van der Waals surface area contributed by atoms with E-state index >= 15 is 0 Å². The van der Waals surface area contributed by atoms with Crippen molar-refractivity contribution >= 4 is 23.3 Å². The Morgan fingerprint density at radius 3 is 2.52 bits per heavy atom. The zero-order chi connectivity index (χ0) is 15.4. The first-order chi connectivity index (χ1) is 9.79. The van der Waals surface area contributed by atoms with Gasteiger partial charge in [-0.1, -0.05) is 13.8 Å². The van der Waals surface area contributed by atoms with E-state index in [1.807, 2.05) is 4.57 Å². The Morgan fingerprint density at radius 1 is 1.24 bits per heavy atom. The van der Waals surface area contributed by atoms with Crippen LogP contribution in [0.2, 0.25) is 0 Å². The van der Waals surface area contributed by atoms with Gasteiger partial charge in [-0.25, -0.2) is 0 Å². The summed E-state index contributed by atoms with van der Waals surface area (Å²) in [6.07, 6.45) is -2.19. The summed E-state index contributed by atoms with van der Waals surface area (Å²) in [5.74, 6) is 1.08. The largest absolute Gasteiger partial charge is 0.416 e. The molecule has 0 radical (unpaired) electrons. The number of aromatic nitrogens is 2. The predicted octanol–water partition coefficient (Wildman–Crippen LogP) is 5.32. The molecule has 0 amide bonds. The van der Waals surface area contributed by atoms with Crippen molar-refractivity contribution in [2.45, 2.75) is 38.9 Å². The smallest absolute Gasteiger partial charge is 0.331 e. The Kier molecular flexibility index (Phi) is 3.39. The van der Waals surface area contributed by atoms with Crippen molar-refractivity contribution in [1.29, 1.82) is 0 Å². The molecular weight excluding hydrogens is 297 g/mol. The van der Waals surface area contributed by atoms with Crippen LogP contribution >= 0.6 is 12.2 Å². The first kappa shape index (κ1) is 14.6. The second kappa shape index (κ2) is 4.87. The van der Waals surface area contributed by atoms with Crippen LogP contribution in [-0.2, 0) is 6.18 Å². The number of halogens is 3. The maximum atomic E-state index is 12.8. The van der Waals surface area contributed by atoms with E-state index in [2.05, 4.69) is 18.8 Å². The molecule has 1 saturated carbocycles. The minimum Gasteiger partial charge on any atom is -0.331 e. The van der Waals surface area contributed by atoms with E-state index < -0.39 is 11.7 Å². The lowest BCUT2D eigenvalue weighted by molar-refractivity contribution is -0.137. The normalized spacial score (nSPS) is 26.6. The van der Waals surface area contributed by atoms with Crippen molar-refractivity contribution in [1.82, 2.24) is 9.55 Å². The summed E-state index contributed by atoms with van der Waals surface area (Å²) >= 11 is 5.34. The summed E-state index contributed by atoms with van der Waals surface area (Å²) in [6.45, 7) is 4.40. The summed E-state index contributed by atoms with van der Waals surface area (Å²) in [5, 5.41) is 0. The first-order valence-electron chi connectivity index (χ1n) is 7.10. The number of hydrogen-bond donors (Lipinski definition) is 1. The van der Waals surface area contributed by atoms with Crippen molar-refractivity contribution in [3.63, 3.8) is 0 Å². The predicted molar refractivity (Wildman–Crippen MR) is 78.7 cm³/mol. The number of H-pyrrole nitrogens is 1. The Labute approximate surface area is 126 Å². The molecule has 2 aromatic rings. The highest BCUT2D eigenvalue weighted by atomic mass is 32.1. The Bertz CT molecular complexity index is 729. The van der Waals surface area contributed by atoms with E-state index in [1.165, 1.54) is 6.07 Å². The molecule has 1 fully saturated rings. The lowest BCUT2D eigenvalue weighted by atomic mass is 9.97. The maximum absolute atomic E-state index is 12.8. The van der Waals surface area contributed by atoms with Gasteiger partial charge >= 0.3 is 6.18 Å². The molecule has 0 saturated heterocycles. The standard InChI is InChI=1S/C15H17F3N2S/c1-8-3-5-12(9(8)2)20-13-6-4-10(15(16,17)18)7-11(13)19-14(20)21/h4,6-9,12H,3,5H2,1-2H3,(H,19,21). The topological polar surface area (TPSA) is 20.7 Å². The number of nitrogens with zero attached hydrogens (tertiary/aromatic N) is 1. The van der Waals surface area contributed by atoms with Crippen molar-refractivity contribution in [2.24, 2.45) is 11.8 Å². The molecule has 0 bridgehead atoms. The first-order valence-corrected chi connectivity index (χ1v) is 7.51. The number of benzene rings is 1. The van der Waals surface area contributed by atoms with Crippen LogP contribution in [0.25, 0.3) is 11.0 Å². The molecule has 3 unspecified atom stereocenters. The monoisotopic (exact) mass is 314 g/mol. The molecule has 1 aliphatic rings. The van der Waals surface area contributed by atoms with Crippen LogP contribution in [0, 0.1) is 16.6 Å². The van der Waals surface area contributed by atoms with Crippen LogP contribution < -0.4 is 0 Å². The zero-order valence-electron chi connectivity index (χ0n) is 11.9. The fourth-order valence-electron chi connectivity index (χ4n) is 3.34. The summed E-state index contributed by atoms with van der Waals surface area (Å²) in [6, 6.07) is 4.06. The van der Waals surface area contributed by atoms with Gasteiger partial charge in [0.1, 0.15) is 0 Å². The quantitative estimate of drug-likeness (QED) is 0.706. The van der Waals surface area contributed by atoms with Gasteiger partial charge in [0, 0.05) is 6.04 Å². The third kappa shape index (κ3) is 2.39. The number of aromatic amines is 1. The summed E-state index contributed by atoms with van der Waals surface area (Å²) in [5.41, 5.74) is 0.576. The van der Waals surface area contributed by atoms with Gasteiger partial charge in [0.15, 0.2) is 4.77 Å². The fourth-order valence-corrected chi connectivity index (χ4v) is 3.68. The molecule has 2 nitrogen and oxygen atoms in total. The van der Waals surface area contributed by atoms with Gasteiger partial charge in [0.05, 0.1) is 16.6 Å². The average molecular weight is 314 g/mol. The highest BCUT2D eigenvalue weighted by molar-refractivity contribution is 7.71. The Morgan fingerprint density at radius 2 is 1.95 bits per heavy atom. The van der Waals surface area contributed by atoms with Crippen molar-refractivity contribution < 1.29 is 13.2 Å². The van der Waals surface area contributed by atoms with Crippen molar-refractivity contribution in [2.75, 3.05) is 0 Å². The molecule has 1 aliphatic carbocycles. The van der Waals surface area contributed by atoms with Crippen molar-refractivity contribution in [3.8, 4) is 0 Å². The van der Waals surface area contributed by atoms with Crippen molar-refractivity contribution in [3.05, 3.63) is 28.5 Å². The molecule has 0 aliphatic heterocycles. The molecule has 1 N–H and O–H groups in total. The average Bonchev–Trinajstić information content (AvgIpc) is 2.88. The Balaban J connectivity index is 2.13. The van der Waals surface area contributed by atoms with Gasteiger partial charge in [-0.3, -0.25) is 0 Å². The molecule has 0 spiro atoms. The zero-order valence-corrected chi connectivity index (χ0v) is 12.7. The number of alkyl halides is 3. The van der Waals surface area contributed by atoms with Gasteiger partial charge in [0.2, 0.25) is 0 Å². The summed E-state index contributed by atoms with van der Waals surface area (Å²) in [7, 11) is 0. The lowest BCUT2D eigenvalue weighted by Gasteiger charge is -2.20. The molecule has 1 aromatic carbocycles. The minimum atomic E-state index is -4.33. The molecule has 114 valence electrons. The van der Waals surface area contributed by atoms with E-state index in [-0.39, 0.29) is 6.04 Å². The van der Waals surface area contributed by atoms with Crippen LogP contribution in [0.3, 0.4) is 0 Å². The molecule has 21 heavy (non-hydrogen) atoms. The highest BCUT2D eigenvalue weighted by Crippen LogP contribution is 2.41. The molecule has 1 heterocycles. The number of hydrogen-bond acceptors (Lipinski definition) is 1. The number of nitrogens with one attached hydrogen (secondary N) is 1. The second-order valence-electron chi connectivity index (χ2n) is 6.01. The van der Waals surface area contributed by atoms with E-state index in [4.69, 9.17) is 12.2 Å². The SMILES string of the molecule is CC1CCC(n2c(=S)[nH]c3cc(C(F)(F)F)ccc32)C1C.